The van der Waals surface area contributed by atoms with Crippen LogP contribution in [0.5, 0.6) is 5.75 Å². The number of rotatable bonds is 7. The molecule has 1 aromatic carbocycles. The Kier molecular flexibility index (Phi) is 7.50. The molecule has 9 nitrogen and oxygen atoms in total. The minimum Gasteiger partial charge on any atom is -0.496 e. The number of hydrogen-bond acceptors (Lipinski definition) is 6. The zero-order chi connectivity index (χ0) is 24.5. The Balaban J connectivity index is 1.73. The molecular weight excluding hydrogens is 442 g/mol. The molecule has 2 unspecified atom stereocenters. The smallest absolute Gasteiger partial charge is 0.247 e. The molecule has 1 amide bonds. The molecule has 0 spiro atoms. The monoisotopic (exact) mass is 477 g/mol. The van der Waals surface area contributed by atoms with Crippen LogP contribution < -0.4 is 10.1 Å². The zero-order valence-electron chi connectivity index (χ0n) is 20.5. The van der Waals surface area contributed by atoms with E-state index in [-0.39, 0.29) is 24.5 Å². The van der Waals surface area contributed by atoms with E-state index in [1.165, 1.54) is 0 Å². The summed E-state index contributed by atoms with van der Waals surface area (Å²) < 4.78 is 35.9. The Morgan fingerprint density at radius 2 is 1.85 bits per heavy atom. The molecule has 1 N–H and O–H groups in total. The van der Waals surface area contributed by atoms with Crippen molar-refractivity contribution in [1.82, 2.24) is 19.0 Å². The van der Waals surface area contributed by atoms with E-state index in [9.17, 15) is 13.2 Å². The van der Waals surface area contributed by atoms with Crippen molar-refractivity contribution >= 4 is 21.6 Å². The van der Waals surface area contributed by atoms with E-state index in [0.717, 1.165) is 5.56 Å². The first-order chi connectivity index (χ1) is 15.5. The van der Waals surface area contributed by atoms with E-state index in [2.05, 4.69) is 10.4 Å². The molecule has 2 heterocycles. The predicted octanol–water partition coefficient (Wildman–Crippen LogP) is 2.33. The summed E-state index contributed by atoms with van der Waals surface area (Å²) >= 11 is 0. The number of sulfonamides is 1. The first kappa shape index (κ1) is 25.2. The highest BCUT2D eigenvalue weighted by molar-refractivity contribution is 7.89. The van der Waals surface area contributed by atoms with E-state index >= 15 is 0 Å². The van der Waals surface area contributed by atoms with Gasteiger partial charge in [-0.2, -0.15) is 9.40 Å². The molecule has 0 radical (unpaired) electrons. The maximum Gasteiger partial charge on any atom is 0.247 e. The highest BCUT2D eigenvalue weighted by atomic mass is 32.2. The number of nitrogens with one attached hydrogen (secondary N) is 1. The third-order valence-electron chi connectivity index (χ3n) is 6.21. The lowest BCUT2D eigenvalue weighted by Crippen LogP contribution is -2.59. The molecule has 182 valence electrons. The molecule has 3 rings (SSSR count). The molecule has 2 aromatic rings. The van der Waals surface area contributed by atoms with Crippen molar-refractivity contribution in [2.45, 2.75) is 58.0 Å². The molecular formula is C23H35N5O4S. The zero-order valence-corrected chi connectivity index (χ0v) is 21.4. The fraction of sp³-hybridized carbons (Fsp3) is 0.565. The van der Waals surface area contributed by atoms with E-state index in [1.54, 1.807) is 30.1 Å². The summed E-state index contributed by atoms with van der Waals surface area (Å²) in [6.07, 6.45) is 0.582. The summed E-state index contributed by atoms with van der Waals surface area (Å²) in [5.41, 5.74) is 2.80. The van der Waals surface area contributed by atoms with Gasteiger partial charge in [-0.3, -0.25) is 14.4 Å². The number of ether oxygens (including phenoxy) is 1. The normalized spacial score (nSPS) is 20.1. The molecule has 2 atom stereocenters. The second kappa shape index (κ2) is 9.82. The number of methoxy groups -OCH3 is 1. The van der Waals surface area contributed by atoms with Crippen LogP contribution in [0.2, 0.25) is 0 Å². The van der Waals surface area contributed by atoms with Gasteiger partial charge >= 0.3 is 0 Å². The van der Waals surface area contributed by atoms with Crippen LogP contribution in [0.1, 0.15) is 37.7 Å². The second-order valence-electron chi connectivity index (χ2n) is 8.75. The highest BCUT2D eigenvalue weighted by Gasteiger charge is 2.41. The van der Waals surface area contributed by atoms with Crippen LogP contribution in [0.15, 0.2) is 23.1 Å². The lowest BCUT2D eigenvalue weighted by molar-refractivity contribution is -0.118. The van der Waals surface area contributed by atoms with Gasteiger partial charge in [-0.05, 0) is 46.2 Å². The van der Waals surface area contributed by atoms with Crippen LogP contribution in [0.25, 0.3) is 0 Å². The molecule has 10 heteroatoms. The topological polar surface area (TPSA) is 96.8 Å². The Hall–Kier alpha value is -2.43. The lowest BCUT2D eigenvalue weighted by Gasteiger charge is -2.43. The van der Waals surface area contributed by atoms with Gasteiger partial charge in [-0.1, -0.05) is 13.0 Å². The van der Waals surface area contributed by atoms with Crippen molar-refractivity contribution in [3.05, 3.63) is 35.2 Å². The molecule has 1 fully saturated rings. The van der Waals surface area contributed by atoms with Gasteiger partial charge in [-0.15, -0.1) is 0 Å². The first-order valence-electron chi connectivity index (χ1n) is 11.2. The van der Waals surface area contributed by atoms with Gasteiger partial charge in [0, 0.05) is 43.5 Å². The number of carbonyl (C=O) groups excluding carboxylic acids is 1. The number of nitrogens with zero attached hydrogens (tertiary/aromatic N) is 4. The summed E-state index contributed by atoms with van der Waals surface area (Å²) in [4.78, 5) is 15.1. The molecule has 0 bridgehead atoms. The van der Waals surface area contributed by atoms with Gasteiger partial charge in [-0.25, -0.2) is 8.42 Å². The van der Waals surface area contributed by atoms with Crippen molar-refractivity contribution < 1.29 is 17.9 Å². The molecule has 1 aliphatic rings. The van der Waals surface area contributed by atoms with Crippen LogP contribution in [0.3, 0.4) is 0 Å². The van der Waals surface area contributed by atoms with E-state index < -0.39 is 10.0 Å². The number of benzene rings is 1. The fourth-order valence-electron chi connectivity index (χ4n) is 4.90. The van der Waals surface area contributed by atoms with E-state index in [4.69, 9.17) is 4.74 Å². The van der Waals surface area contributed by atoms with Crippen molar-refractivity contribution in [2.24, 2.45) is 7.05 Å². The summed E-state index contributed by atoms with van der Waals surface area (Å²) in [6.45, 7) is 10.5. The molecule has 1 aromatic heterocycles. The quantitative estimate of drug-likeness (QED) is 0.658. The third kappa shape index (κ3) is 4.92. The van der Waals surface area contributed by atoms with Gasteiger partial charge < -0.3 is 10.1 Å². The van der Waals surface area contributed by atoms with Crippen molar-refractivity contribution in [1.29, 1.82) is 0 Å². The Morgan fingerprint density at radius 1 is 1.21 bits per heavy atom. The van der Waals surface area contributed by atoms with Gasteiger partial charge in [0.25, 0.3) is 0 Å². The van der Waals surface area contributed by atoms with Gasteiger partial charge in [0.15, 0.2) is 0 Å². The van der Waals surface area contributed by atoms with Gasteiger partial charge in [0.1, 0.15) is 10.6 Å². The minimum atomic E-state index is -3.72. The average Bonchev–Trinajstić information content (AvgIpc) is 3.02. The molecule has 0 saturated carbocycles. The Labute approximate surface area is 196 Å². The number of piperazine rings is 1. The van der Waals surface area contributed by atoms with Crippen molar-refractivity contribution in [3.8, 4) is 5.75 Å². The SMILES string of the molecule is CCc1c(S(=O)(=O)N2C(C)CN(CC(=O)Nc3cccc(OC)c3C)CC2C)c(C)nn1C. The average molecular weight is 478 g/mol. The maximum atomic E-state index is 13.7. The molecule has 1 aliphatic heterocycles. The standard InChI is InChI=1S/C23H35N5O4S/c1-8-20-23(18(5)25-26(20)6)33(30,31)28-15(2)12-27(13-16(28)3)14-22(29)24-19-10-9-11-21(32-7)17(19)4/h9-11,15-16H,8,12-14H2,1-7H3,(H,24,29). The molecule has 33 heavy (non-hydrogen) atoms. The fourth-order valence-corrected chi connectivity index (χ4v) is 7.18. The first-order valence-corrected chi connectivity index (χ1v) is 12.7. The van der Waals surface area contributed by atoms with Gasteiger partial charge in [0.2, 0.25) is 15.9 Å². The number of hydrogen-bond donors (Lipinski definition) is 1. The van der Waals surface area contributed by atoms with Crippen LogP contribution in [0, 0.1) is 13.8 Å². The van der Waals surface area contributed by atoms with Gasteiger partial charge in [0.05, 0.1) is 25.0 Å². The number of aromatic nitrogens is 2. The maximum absolute atomic E-state index is 13.7. The van der Waals surface area contributed by atoms with Crippen molar-refractivity contribution in [2.75, 3.05) is 32.1 Å². The second-order valence-corrected chi connectivity index (χ2v) is 10.5. The lowest BCUT2D eigenvalue weighted by atomic mass is 10.1. The summed E-state index contributed by atoms with van der Waals surface area (Å²) in [6, 6.07) is 4.96. The molecule has 1 saturated heterocycles. The van der Waals surface area contributed by atoms with E-state index in [0.29, 0.717) is 47.2 Å². The summed E-state index contributed by atoms with van der Waals surface area (Å²) in [7, 11) is -0.344. The van der Waals surface area contributed by atoms with Crippen LogP contribution in [0.4, 0.5) is 5.69 Å². The number of aryl methyl sites for hydroxylation is 2. The van der Waals surface area contributed by atoms with Crippen LogP contribution >= 0.6 is 0 Å². The largest absolute Gasteiger partial charge is 0.496 e. The summed E-state index contributed by atoms with van der Waals surface area (Å²) in [5, 5.41) is 7.30. The summed E-state index contributed by atoms with van der Waals surface area (Å²) in [5.74, 6) is 0.574. The highest BCUT2D eigenvalue weighted by Crippen LogP contribution is 2.30. The Morgan fingerprint density at radius 3 is 2.42 bits per heavy atom. The van der Waals surface area contributed by atoms with E-state index in [1.807, 2.05) is 50.8 Å². The Bertz CT molecular complexity index is 1120. The minimum absolute atomic E-state index is 0.140. The third-order valence-corrected chi connectivity index (χ3v) is 8.53. The number of anilines is 1. The van der Waals surface area contributed by atoms with Crippen molar-refractivity contribution in [3.63, 3.8) is 0 Å². The predicted molar refractivity (Wildman–Crippen MR) is 128 cm³/mol. The number of carbonyl (C=O) groups is 1. The molecule has 0 aliphatic carbocycles. The van der Waals surface area contributed by atoms with Crippen LogP contribution in [-0.2, 0) is 28.3 Å². The van der Waals surface area contributed by atoms with Crippen LogP contribution in [-0.4, -0.2) is 72.1 Å². The number of amides is 1.